The van der Waals surface area contributed by atoms with E-state index in [1.165, 1.54) is 0 Å². The summed E-state index contributed by atoms with van der Waals surface area (Å²) in [7, 11) is 0. The van der Waals surface area contributed by atoms with Gasteiger partial charge >= 0.3 is 0 Å². The van der Waals surface area contributed by atoms with Crippen molar-refractivity contribution in [3.8, 4) is 0 Å². The Kier molecular flexibility index (Phi) is 3.43. The molecule has 13 heavy (non-hydrogen) atoms. The molecule has 0 radical (unpaired) electrons. The highest BCUT2D eigenvalue weighted by Gasteiger charge is 2.03. The lowest BCUT2D eigenvalue weighted by Gasteiger charge is -2.04. The maximum Gasteiger partial charge on any atom is 0.153 e. The average Bonchev–Trinajstić information content (AvgIpc) is 2.03. The molecule has 0 saturated heterocycles. The number of aldehydes is 1. The summed E-state index contributed by atoms with van der Waals surface area (Å²) in [6, 6.07) is 3.55. The molecule has 0 spiro atoms. The second kappa shape index (κ2) is 4.38. The first kappa shape index (κ1) is 10.2. The van der Waals surface area contributed by atoms with E-state index in [1.807, 2.05) is 6.07 Å². The van der Waals surface area contributed by atoms with Crippen molar-refractivity contribution in [3.63, 3.8) is 0 Å². The zero-order valence-electron chi connectivity index (χ0n) is 7.75. The van der Waals surface area contributed by atoms with Crippen molar-refractivity contribution in [1.29, 1.82) is 0 Å². The molecular weight excluding hydrogens is 186 g/mol. The minimum atomic E-state index is 0.299. The molecule has 3 heteroatoms. The van der Waals surface area contributed by atoms with Crippen molar-refractivity contribution >= 4 is 17.9 Å². The smallest absolute Gasteiger partial charge is 0.153 e. The molecule has 1 aromatic rings. The van der Waals surface area contributed by atoms with Crippen LogP contribution in [0.15, 0.2) is 12.1 Å². The number of nitrogens with zero attached hydrogens (tertiary/aromatic N) is 1. The lowest BCUT2D eigenvalue weighted by Crippen LogP contribution is -1.98. The third kappa shape index (κ3) is 2.81. The maximum absolute atomic E-state index is 10.4. The quantitative estimate of drug-likeness (QED) is 0.551. The van der Waals surface area contributed by atoms with Crippen LogP contribution in [0.25, 0.3) is 0 Å². The Hall–Kier alpha value is -0.890. The number of hydrogen-bond donors (Lipinski definition) is 0. The molecule has 0 N–H and O–H groups in total. The zero-order chi connectivity index (χ0) is 9.84. The molecular formula is C10H12ClNO. The first-order valence-electron chi connectivity index (χ1n) is 4.24. The lowest BCUT2D eigenvalue weighted by atomic mass is 10.1. The number of carbonyl (C=O) groups excluding carboxylic acids is 1. The maximum atomic E-state index is 10.4. The molecule has 2 nitrogen and oxygen atoms in total. The van der Waals surface area contributed by atoms with Crippen molar-refractivity contribution < 1.29 is 4.79 Å². The van der Waals surface area contributed by atoms with Gasteiger partial charge in [0.25, 0.3) is 0 Å². The van der Waals surface area contributed by atoms with E-state index in [2.05, 4.69) is 18.8 Å². The summed E-state index contributed by atoms with van der Waals surface area (Å²) in [6.45, 7) is 4.23. The Morgan fingerprint density at radius 1 is 1.54 bits per heavy atom. The number of pyridine rings is 1. The fourth-order valence-electron chi connectivity index (χ4n) is 1.10. The van der Waals surface area contributed by atoms with Crippen LogP contribution in [0, 0.1) is 5.92 Å². The Morgan fingerprint density at radius 3 is 2.69 bits per heavy atom. The van der Waals surface area contributed by atoms with Gasteiger partial charge in [-0.2, -0.15) is 0 Å². The molecule has 0 aromatic carbocycles. The molecule has 1 rings (SSSR count). The van der Waals surface area contributed by atoms with Gasteiger partial charge in [-0.1, -0.05) is 25.4 Å². The minimum Gasteiger partial charge on any atom is -0.298 e. The summed E-state index contributed by atoms with van der Waals surface area (Å²) in [5.74, 6) is 0.547. The normalized spacial score (nSPS) is 10.5. The first-order chi connectivity index (χ1) is 6.13. The van der Waals surface area contributed by atoms with Crippen LogP contribution >= 0.6 is 11.6 Å². The van der Waals surface area contributed by atoms with Crippen LogP contribution in [0.3, 0.4) is 0 Å². The highest BCUT2D eigenvalue weighted by Crippen LogP contribution is 2.13. The van der Waals surface area contributed by atoms with Crippen molar-refractivity contribution in [1.82, 2.24) is 4.98 Å². The van der Waals surface area contributed by atoms with Crippen LogP contribution in [0.5, 0.6) is 0 Å². The number of rotatable bonds is 3. The average molecular weight is 198 g/mol. The van der Waals surface area contributed by atoms with Crippen LogP contribution in [0.2, 0.25) is 5.15 Å². The van der Waals surface area contributed by atoms with Crippen LogP contribution < -0.4 is 0 Å². The van der Waals surface area contributed by atoms with Crippen LogP contribution in [-0.2, 0) is 6.42 Å². The van der Waals surface area contributed by atoms with Gasteiger partial charge in [0.2, 0.25) is 0 Å². The van der Waals surface area contributed by atoms with Crippen LogP contribution in [0.1, 0.15) is 29.9 Å². The Bertz CT molecular complexity index is 310. The van der Waals surface area contributed by atoms with E-state index < -0.39 is 0 Å². The Morgan fingerprint density at radius 2 is 2.23 bits per heavy atom. The fourth-order valence-corrected chi connectivity index (χ4v) is 1.32. The van der Waals surface area contributed by atoms with Crippen molar-refractivity contribution in [2.45, 2.75) is 20.3 Å². The second-order valence-corrected chi connectivity index (χ2v) is 3.76. The Labute approximate surface area is 82.9 Å². The lowest BCUT2D eigenvalue weighted by molar-refractivity contribution is 0.112. The molecule has 0 fully saturated rings. The van der Waals surface area contributed by atoms with Gasteiger partial charge in [-0.05, 0) is 24.5 Å². The summed E-state index contributed by atoms with van der Waals surface area (Å²) in [6.07, 6.45) is 1.60. The molecule has 1 heterocycles. The predicted octanol–water partition coefficient (Wildman–Crippen LogP) is 2.75. The fraction of sp³-hybridized carbons (Fsp3) is 0.400. The van der Waals surface area contributed by atoms with Crippen molar-refractivity contribution in [2.75, 3.05) is 0 Å². The molecule has 0 bridgehead atoms. The molecule has 0 aliphatic heterocycles. The standard InChI is InChI=1S/C10H12ClNO/c1-7(2)5-9-4-3-8(6-13)10(11)12-9/h3-4,6-7H,5H2,1-2H3. The number of carbonyl (C=O) groups is 1. The van der Waals surface area contributed by atoms with Gasteiger partial charge in [0.15, 0.2) is 6.29 Å². The summed E-state index contributed by atoms with van der Waals surface area (Å²) >= 11 is 5.77. The first-order valence-corrected chi connectivity index (χ1v) is 4.62. The van der Waals surface area contributed by atoms with E-state index >= 15 is 0 Å². The van der Waals surface area contributed by atoms with E-state index in [1.54, 1.807) is 6.07 Å². The summed E-state index contributed by atoms with van der Waals surface area (Å²) < 4.78 is 0. The van der Waals surface area contributed by atoms with Gasteiger partial charge in [-0.25, -0.2) is 4.98 Å². The van der Waals surface area contributed by atoms with Crippen LogP contribution in [-0.4, -0.2) is 11.3 Å². The van der Waals surface area contributed by atoms with Crippen molar-refractivity contribution in [2.24, 2.45) is 5.92 Å². The van der Waals surface area contributed by atoms with Crippen molar-refractivity contribution in [3.05, 3.63) is 28.5 Å². The van der Waals surface area contributed by atoms with E-state index in [9.17, 15) is 4.79 Å². The second-order valence-electron chi connectivity index (χ2n) is 3.40. The molecule has 0 atom stereocenters. The largest absolute Gasteiger partial charge is 0.298 e. The van der Waals surface area contributed by atoms with Gasteiger partial charge in [0, 0.05) is 5.69 Å². The molecule has 0 unspecified atom stereocenters. The van der Waals surface area contributed by atoms with Gasteiger partial charge < -0.3 is 0 Å². The van der Waals surface area contributed by atoms with Gasteiger partial charge in [-0.15, -0.1) is 0 Å². The third-order valence-electron chi connectivity index (χ3n) is 1.68. The van der Waals surface area contributed by atoms with Gasteiger partial charge in [0.05, 0.1) is 5.56 Å². The minimum absolute atomic E-state index is 0.299. The van der Waals surface area contributed by atoms with E-state index in [4.69, 9.17) is 11.6 Å². The van der Waals surface area contributed by atoms with Gasteiger partial charge in [-0.3, -0.25) is 4.79 Å². The summed E-state index contributed by atoms with van der Waals surface area (Å²) in [4.78, 5) is 14.6. The summed E-state index contributed by atoms with van der Waals surface area (Å²) in [5.41, 5.74) is 1.39. The number of hydrogen-bond acceptors (Lipinski definition) is 2. The number of aromatic nitrogens is 1. The van der Waals surface area contributed by atoms with Gasteiger partial charge in [0.1, 0.15) is 5.15 Å². The highest BCUT2D eigenvalue weighted by molar-refractivity contribution is 6.31. The van der Waals surface area contributed by atoms with Crippen LogP contribution in [0.4, 0.5) is 0 Å². The zero-order valence-corrected chi connectivity index (χ0v) is 8.51. The topological polar surface area (TPSA) is 30.0 Å². The molecule has 1 aromatic heterocycles. The molecule has 0 aliphatic carbocycles. The van der Waals surface area contributed by atoms with E-state index in [0.717, 1.165) is 12.1 Å². The molecule has 0 aliphatic rings. The molecule has 0 amide bonds. The Balaban J connectivity index is 2.89. The predicted molar refractivity (Wildman–Crippen MR) is 53.2 cm³/mol. The summed E-state index contributed by atoms with van der Waals surface area (Å²) in [5, 5.41) is 0.299. The molecule has 0 saturated carbocycles. The number of halogens is 1. The highest BCUT2D eigenvalue weighted by atomic mass is 35.5. The molecule has 70 valence electrons. The van der Waals surface area contributed by atoms with E-state index in [-0.39, 0.29) is 0 Å². The monoisotopic (exact) mass is 197 g/mol. The van der Waals surface area contributed by atoms with E-state index in [0.29, 0.717) is 22.9 Å². The third-order valence-corrected chi connectivity index (χ3v) is 1.98. The SMILES string of the molecule is CC(C)Cc1ccc(C=O)c(Cl)n1.